The summed E-state index contributed by atoms with van der Waals surface area (Å²) in [4.78, 5) is 31.5. The van der Waals surface area contributed by atoms with E-state index in [0.717, 1.165) is 24.1 Å². The van der Waals surface area contributed by atoms with Crippen LogP contribution >= 0.6 is 0 Å². The molecule has 1 unspecified atom stereocenters. The van der Waals surface area contributed by atoms with Crippen molar-refractivity contribution in [3.05, 3.63) is 76.2 Å². The average molecular weight is 405 g/mol. The number of nitro groups is 1. The van der Waals surface area contributed by atoms with E-state index in [0.29, 0.717) is 17.9 Å². The summed E-state index contributed by atoms with van der Waals surface area (Å²) in [7, 11) is 0. The van der Waals surface area contributed by atoms with E-state index < -0.39 is 4.92 Å². The molecule has 2 aromatic carbocycles. The van der Waals surface area contributed by atoms with Crippen molar-refractivity contribution < 1.29 is 9.72 Å². The van der Waals surface area contributed by atoms with Crippen LogP contribution in [0, 0.1) is 10.1 Å². The van der Waals surface area contributed by atoms with Gasteiger partial charge in [0.05, 0.1) is 22.9 Å². The molecule has 4 rings (SSSR count). The van der Waals surface area contributed by atoms with Crippen LogP contribution in [-0.4, -0.2) is 26.8 Å². The molecule has 1 heterocycles. The first-order chi connectivity index (χ1) is 14.5. The third-order valence-corrected chi connectivity index (χ3v) is 5.12. The van der Waals surface area contributed by atoms with Crippen molar-refractivity contribution in [2.24, 2.45) is 0 Å². The van der Waals surface area contributed by atoms with Gasteiger partial charge in [-0.25, -0.2) is 4.98 Å². The van der Waals surface area contributed by atoms with Crippen LogP contribution in [-0.2, 0) is 0 Å². The molecule has 8 nitrogen and oxygen atoms in total. The van der Waals surface area contributed by atoms with E-state index in [9.17, 15) is 14.9 Å². The van der Waals surface area contributed by atoms with E-state index in [4.69, 9.17) is 0 Å². The van der Waals surface area contributed by atoms with E-state index in [1.807, 2.05) is 37.3 Å². The van der Waals surface area contributed by atoms with Crippen LogP contribution in [0.25, 0.3) is 11.3 Å². The van der Waals surface area contributed by atoms with Crippen LogP contribution in [0.5, 0.6) is 0 Å². The number of nitrogens with one attached hydrogen (secondary N) is 3. The summed E-state index contributed by atoms with van der Waals surface area (Å²) < 4.78 is 0. The first kappa shape index (κ1) is 19.6. The number of nitrogens with zero attached hydrogens (tertiary/aromatic N) is 2. The van der Waals surface area contributed by atoms with Gasteiger partial charge in [-0.1, -0.05) is 37.3 Å². The topological polar surface area (TPSA) is 113 Å². The molecule has 1 aliphatic rings. The van der Waals surface area contributed by atoms with Gasteiger partial charge in [-0.15, -0.1) is 0 Å². The molecule has 0 bridgehead atoms. The Balaban J connectivity index is 1.51. The molecular weight excluding hydrogens is 382 g/mol. The molecule has 8 heteroatoms. The Labute approximate surface area is 173 Å². The second-order valence-corrected chi connectivity index (χ2v) is 7.39. The molecule has 154 valence electrons. The Hall–Kier alpha value is -3.68. The fourth-order valence-electron chi connectivity index (χ4n) is 3.28. The Morgan fingerprint density at radius 2 is 2.03 bits per heavy atom. The molecule has 1 atom stereocenters. The molecule has 1 aliphatic carbocycles. The minimum absolute atomic E-state index is 0.0908. The summed E-state index contributed by atoms with van der Waals surface area (Å²) in [5.74, 6) is 0.270. The molecule has 3 aromatic rings. The number of H-pyrrole nitrogens is 1. The van der Waals surface area contributed by atoms with Crippen LogP contribution in [0.3, 0.4) is 0 Å². The summed E-state index contributed by atoms with van der Waals surface area (Å²) in [5.41, 5.74) is 2.48. The highest BCUT2D eigenvalue weighted by molar-refractivity contribution is 5.96. The number of aromatic amines is 1. The summed E-state index contributed by atoms with van der Waals surface area (Å²) in [5, 5.41) is 17.5. The van der Waals surface area contributed by atoms with Gasteiger partial charge in [0.1, 0.15) is 11.5 Å². The second-order valence-electron chi connectivity index (χ2n) is 7.39. The lowest BCUT2D eigenvalue weighted by atomic mass is 10.1. The summed E-state index contributed by atoms with van der Waals surface area (Å²) in [6.45, 7) is 1.95. The zero-order valence-electron chi connectivity index (χ0n) is 16.6. The van der Waals surface area contributed by atoms with Crippen LogP contribution in [0.4, 0.5) is 11.4 Å². The van der Waals surface area contributed by atoms with Gasteiger partial charge in [0.25, 0.3) is 11.6 Å². The maximum atomic E-state index is 12.8. The molecule has 3 N–H and O–H groups in total. The Bertz CT molecular complexity index is 1060. The van der Waals surface area contributed by atoms with Crippen molar-refractivity contribution in [2.45, 2.75) is 38.3 Å². The highest BCUT2D eigenvalue weighted by atomic mass is 16.6. The number of nitro benzene ring substituents is 1. The zero-order chi connectivity index (χ0) is 21.1. The fraction of sp³-hybridized carbons (Fsp3) is 0.273. The quantitative estimate of drug-likeness (QED) is 0.379. The number of hydrogen-bond acceptors (Lipinski definition) is 5. The maximum absolute atomic E-state index is 12.8. The van der Waals surface area contributed by atoms with Crippen molar-refractivity contribution in [3.8, 4) is 11.3 Å². The van der Waals surface area contributed by atoms with Gasteiger partial charge < -0.3 is 15.6 Å². The smallest absolute Gasteiger partial charge is 0.293 e. The predicted octanol–water partition coefficient (Wildman–Crippen LogP) is 4.44. The van der Waals surface area contributed by atoms with Gasteiger partial charge in [0, 0.05) is 17.7 Å². The van der Waals surface area contributed by atoms with Crippen molar-refractivity contribution >= 4 is 17.3 Å². The normalized spacial score (nSPS) is 14.2. The Kier molecular flexibility index (Phi) is 5.47. The lowest BCUT2D eigenvalue weighted by Gasteiger charge is -2.15. The van der Waals surface area contributed by atoms with Crippen LogP contribution < -0.4 is 10.6 Å². The number of rotatable bonds is 8. The zero-order valence-corrected chi connectivity index (χ0v) is 16.6. The predicted molar refractivity (Wildman–Crippen MR) is 114 cm³/mol. The van der Waals surface area contributed by atoms with Crippen molar-refractivity contribution in [1.82, 2.24) is 15.3 Å². The lowest BCUT2D eigenvalue weighted by Crippen LogP contribution is -2.29. The molecule has 1 amide bonds. The van der Waals surface area contributed by atoms with E-state index in [-0.39, 0.29) is 29.2 Å². The van der Waals surface area contributed by atoms with Crippen LogP contribution in [0.2, 0.25) is 0 Å². The Morgan fingerprint density at radius 3 is 2.70 bits per heavy atom. The number of amides is 1. The molecule has 0 aliphatic heterocycles. The van der Waals surface area contributed by atoms with E-state index in [1.165, 1.54) is 6.07 Å². The van der Waals surface area contributed by atoms with Crippen LogP contribution in [0.1, 0.15) is 48.4 Å². The summed E-state index contributed by atoms with van der Waals surface area (Å²) in [6, 6.07) is 14.3. The minimum atomic E-state index is -0.461. The summed E-state index contributed by atoms with van der Waals surface area (Å²) in [6.07, 6.45) is 4.37. The third kappa shape index (κ3) is 4.32. The summed E-state index contributed by atoms with van der Waals surface area (Å²) >= 11 is 0. The monoisotopic (exact) mass is 405 g/mol. The average Bonchev–Trinajstić information content (AvgIpc) is 3.44. The van der Waals surface area contributed by atoms with Crippen molar-refractivity contribution in [1.29, 1.82) is 0 Å². The van der Waals surface area contributed by atoms with Gasteiger partial charge in [0.2, 0.25) is 0 Å². The first-order valence-corrected chi connectivity index (χ1v) is 10.0. The van der Waals surface area contributed by atoms with E-state index >= 15 is 0 Å². The highest BCUT2D eigenvalue weighted by Gasteiger charge is 2.26. The minimum Gasteiger partial charge on any atom is -0.377 e. The third-order valence-electron chi connectivity index (χ3n) is 5.12. The standard InChI is InChI=1S/C22H23N5O3/c1-2-17(21-23-13-19(25-21)14-6-4-3-5-7-14)26-22(28)15-8-11-18(24-16-9-10-16)20(12-15)27(29)30/h3-8,11-13,16-17,24H,2,9-10H2,1H3,(H,23,25)(H,26,28). The first-order valence-electron chi connectivity index (χ1n) is 10.0. The highest BCUT2D eigenvalue weighted by Crippen LogP contribution is 2.31. The van der Waals surface area contributed by atoms with Gasteiger partial charge in [0.15, 0.2) is 0 Å². The number of aromatic nitrogens is 2. The number of carbonyl (C=O) groups excluding carboxylic acids is 1. The SMILES string of the molecule is CCC(NC(=O)c1ccc(NC2CC2)c([N+](=O)[O-])c1)c1ncc(-c2ccccc2)[nH]1. The molecule has 0 radical (unpaired) electrons. The van der Waals surface area contributed by atoms with E-state index in [2.05, 4.69) is 20.6 Å². The molecule has 1 saturated carbocycles. The van der Waals surface area contributed by atoms with Crippen molar-refractivity contribution in [2.75, 3.05) is 5.32 Å². The molecule has 30 heavy (non-hydrogen) atoms. The van der Waals surface area contributed by atoms with E-state index in [1.54, 1.807) is 18.3 Å². The second kappa shape index (κ2) is 8.36. The lowest BCUT2D eigenvalue weighted by molar-refractivity contribution is -0.384. The van der Waals surface area contributed by atoms with Gasteiger partial charge in [-0.05, 0) is 37.0 Å². The van der Waals surface area contributed by atoms with Gasteiger partial charge in [-0.2, -0.15) is 0 Å². The Morgan fingerprint density at radius 1 is 1.27 bits per heavy atom. The number of anilines is 1. The van der Waals surface area contributed by atoms with Crippen molar-refractivity contribution in [3.63, 3.8) is 0 Å². The number of imidazole rings is 1. The molecule has 0 saturated heterocycles. The largest absolute Gasteiger partial charge is 0.377 e. The molecule has 1 aromatic heterocycles. The molecule has 0 spiro atoms. The fourth-order valence-corrected chi connectivity index (χ4v) is 3.28. The maximum Gasteiger partial charge on any atom is 0.293 e. The van der Waals surface area contributed by atoms with Crippen LogP contribution in [0.15, 0.2) is 54.7 Å². The van der Waals surface area contributed by atoms with Gasteiger partial charge in [-0.3, -0.25) is 14.9 Å². The number of benzene rings is 2. The van der Waals surface area contributed by atoms with Gasteiger partial charge >= 0.3 is 0 Å². The molecule has 1 fully saturated rings. The number of hydrogen-bond donors (Lipinski definition) is 3. The number of carbonyl (C=O) groups is 1. The molecular formula is C22H23N5O3.